The Morgan fingerprint density at radius 1 is 1.15 bits per heavy atom. The second kappa shape index (κ2) is 3.97. The van der Waals surface area contributed by atoms with E-state index in [1.807, 2.05) is 0 Å². The molecule has 0 radical (unpaired) electrons. The highest BCUT2D eigenvalue weighted by molar-refractivity contribution is 4.93. The van der Waals surface area contributed by atoms with Crippen molar-refractivity contribution >= 4 is 0 Å². The van der Waals surface area contributed by atoms with E-state index in [1.54, 1.807) is 0 Å². The predicted octanol–water partition coefficient (Wildman–Crippen LogP) is 1.56. The van der Waals surface area contributed by atoms with Gasteiger partial charge in [0.25, 0.3) is 0 Å². The van der Waals surface area contributed by atoms with Crippen LogP contribution in [0.25, 0.3) is 0 Å². The highest BCUT2D eigenvalue weighted by atomic mass is 16.3. The summed E-state index contributed by atoms with van der Waals surface area (Å²) >= 11 is 0. The normalized spacial score (nSPS) is 37.4. The molecule has 2 rings (SSSR count). The smallest absolute Gasteiger partial charge is 0.0600 e. The van der Waals surface area contributed by atoms with Gasteiger partial charge in [0.2, 0.25) is 0 Å². The molecule has 0 aromatic heterocycles. The van der Waals surface area contributed by atoms with E-state index in [0.717, 1.165) is 6.42 Å². The molecule has 0 aliphatic heterocycles. The Balaban J connectivity index is 1.79. The van der Waals surface area contributed by atoms with Crippen LogP contribution in [-0.4, -0.2) is 22.9 Å². The van der Waals surface area contributed by atoms with Crippen LogP contribution in [0.5, 0.6) is 0 Å². The molecule has 2 N–H and O–H groups in total. The van der Waals surface area contributed by atoms with Crippen LogP contribution in [-0.2, 0) is 0 Å². The van der Waals surface area contributed by atoms with E-state index in [2.05, 4.69) is 0 Å². The highest BCUT2D eigenvalue weighted by Gasteiger charge is 2.44. The molecule has 2 nitrogen and oxygen atoms in total. The fourth-order valence-corrected chi connectivity index (χ4v) is 2.72. The summed E-state index contributed by atoms with van der Waals surface area (Å²) in [5.74, 6) is 1.38. The number of aliphatic hydroxyl groups is 2. The fraction of sp³-hybridized carbons (Fsp3) is 1.00. The first-order valence-electron chi connectivity index (χ1n) is 5.62. The zero-order valence-corrected chi connectivity index (χ0v) is 8.15. The van der Waals surface area contributed by atoms with Crippen molar-refractivity contribution in [2.75, 3.05) is 6.61 Å². The van der Waals surface area contributed by atoms with Crippen molar-refractivity contribution in [3.05, 3.63) is 0 Å². The molecule has 0 bridgehead atoms. The lowest BCUT2D eigenvalue weighted by Gasteiger charge is -2.26. The van der Waals surface area contributed by atoms with Crippen molar-refractivity contribution in [3.63, 3.8) is 0 Å². The van der Waals surface area contributed by atoms with Crippen LogP contribution in [0.1, 0.15) is 38.5 Å². The molecule has 2 fully saturated rings. The molecule has 0 heterocycles. The van der Waals surface area contributed by atoms with Gasteiger partial charge in [-0.3, -0.25) is 0 Å². The lowest BCUT2D eigenvalue weighted by molar-refractivity contribution is 0.0576. The summed E-state index contributed by atoms with van der Waals surface area (Å²) in [5, 5.41) is 18.9. The van der Waals surface area contributed by atoms with Crippen LogP contribution in [0.4, 0.5) is 0 Å². The average Bonchev–Trinajstić information content (AvgIpc) is 2.97. The molecule has 2 heteroatoms. The van der Waals surface area contributed by atoms with Gasteiger partial charge in [0.1, 0.15) is 0 Å². The van der Waals surface area contributed by atoms with Crippen molar-refractivity contribution in [2.24, 2.45) is 17.8 Å². The Morgan fingerprint density at radius 2 is 1.85 bits per heavy atom. The summed E-state index contributed by atoms with van der Waals surface area (Å²) < 4.78 is 0. The molecule has 76 valence electrons. The van der Waals surface area contributed by atoms with E-state index in [1.165, 1.54) is 32.1 Å². The van der Waals surface area contributed by atoms with Crippen LogP contribution < -0.4 is 0 Å². The third kappa shape index (κ3) is 2.05. The van der Waals surface area contributed by atoms with Gasteiger partial charge in [0.05, 0.1) is 6.10 Å². The van der Waals surface area contributed by atoms with Gasteiger partial charge in [-0.25, -0.2) is 0 Å². The van der Waals surface area contributed by atoms with Crippen molar-refractivity contribution in [1.82, 2.24) is 0 Å². The molecular weight excluding hydrogens is 164 g/mol. The zero-order valence-electron chi connectivity index (χ0n) is 8.15. The van der Waals surface area contributed by atoms with Gasteiger partial charge in [-0.05, 0) is 37.0 Å². The molecule has 0 amide bonds. The van der Waals surface area contributed by atoms with Crippen molar-refractivity contribution < 1.29 is 10.2 Å². The van der Waals surface area contributed by atoms with Crippen LogP contribution >= 0.6 is 0 Å². The number of rotatable bonds is 3. The lowest BCUT2D eigenvalue weighted by atomic mass is 9.83. The summed E-state index contributed by atoms with van der Waals surface area (Å²) in [7, 11) is 0. The minimum absolute atomic E-state index is 0.113. The Hall–Kier alpha value is -0.0800. The topological polar surface area (TPSA) is 40.5 Å². The largest absolute Gasteiger partial charge is 0.396 e. The Bertz CT molecular complexity index is 163. The third-order valence-corrected chi connectivity index (χ3v) is 3.78. The lowest BCUT2D eigenvalue weighted by Crippen LogP contribution is -2.25. The van der Waals surface area contributed by atoms with Crippen molar-refractivity contribution in [1.29, 1.82) is 0 Å². The molecule has 0 saturated heterocycles. The predicted molar refractivity (Wildman–Crippen MR) is 51.3 cm³/mol. The zero-order chi connectivity index (χ0) is 9.26. The van der Waals surface area contributed by atoms with Crippen LogP contribution in [0.3, 0.4) is 0 Å². The van der Waals surface area contributed by atoms with Crippen LogP contribution in [0.15, 0.2) is 0 Å². The van der Waals surface area contributed by atoms with Gasteiger partial charge in [-0.15, -0.1) is 0 Å². The second-order valence-corrected chi connectivity index (χ2v) is 4.73. The van der Waals surface area contributed by atoms with E-state index in [9.17, 15) is 5.11 Å². The summed E-state index contributed by atoms with van der Waals surface area (Å²) in [4.78, 5) is 0. The van der Waals surface area contributed by atoms with Gasteiger partial charge in [0, 0.05) is 6.61 Å². The van der Waals surface area contributed by atoms with E-state index in [0.29, 0.717) is 17.8 Å². The molecule has 0 spiro atoms. The maximum atomic E-state index is 10.0. The standard InChI is InChI=1S/C11H20O2/c12-7-9-6-10(9)11(13)8-4-2-1-3-5-8/h8-13H,1-7H2/t9-,10+,11+/m0/s1. The Morgan fingerprint density at radius 3 is 2.38 bits per heavy atom. The molecule has 0 aromatic rings. The van der Waals surface area contributed by atoms with Gasteiger partial charge in [0.15, 0.2) is 0 Å². The van der Waals surface area contributed by atoms with Gasteiger partial charge >= 0.3 is 0 Å². The molecular formula is C11H20O2. The number of hydrogen-bond acceptors (Lipinski definition) is 2. The van der Waals surface area contributed by atoms with E-state index in [-0.39, 0.29) is 12.7 Å². The molecule has 0 aromatic carbocycles. The quantitative estimate of drug-likeness (QED) is 0.698. The Labute approximate surface area is 80.0 Å². The van der Waals surface area contributed by atoms with Crippen molar-refractivity contribution in [3.8, 4) is 0 Å². The summed E-state index contributed by atoms with van der Waals surface area (Å²) in [5.41, 5.74) is 0. The van der Waals surface area contributed by atoms with Crippen LogP contribution in [0.2, 0.25) is 0 Å². The molecule has 13 heavy (non-hydrogen) atoms. The first kappa shape index (κ1) is 9.47. The average molecular weight is 184 g/mol. The first-order valence-corrected chi connectivity index (χ1v) is 5.62. The maximum Gasteiger partial charge on any atom is 0.0600 e. The molecule has 2 aliphatic rings. The minimum Gasteiger partial charge on any atom is -0.396 e. The first-order chi connectivity index (χ1) is 6.33. The molecule has 2 aliphatic carbocycles. The SMILES string of the molecule is OC[C@@H]1C[C@H]1[C@H](O)C1CCCCC1. The summed E-state index contributed by atoms with van der Waals surface area (Å²) in [6.07, 6.45) is 7.27. The summed E-state index contributed by atoms with van der Waals surface area (Å²) in [6, 6.07) is 0. The van der Waals surface area contributed by atoms with Gasteiger partial charge < -0.3 is 10.2 Å². The van der Waals surface area contributed by atoms with Gasteiger partial charge in [-0.1, -0.05) is 19.3 Å². The molecule has 2 saturated carbocycles. The maximum absolute atomic E-state index is 10.0. The number of hydrogen-bond donors (Lipinski definition) is 2. The van der Waals surface area contributed by atoms with Crippen LogP contribution in [0, 0.1) is 17.8 Å². The molecule has 3 atom stereocenters. The van der Waals surface area contributed by atoms with E-state index < -0.39 is 0 Å². The van der Waals surface area contributed by atoms with E-state index >= 15 is 0 Å². The minimum atomic E-state index is -0.113. The second-order valence-electron chi connectivity index (χ2n) is 4.73. The van der Waals surface area contributed by atoms with Crippen molar-refractivity contribution in [2.45, 2.75) is 44.6 Å². The third-order valence-electron chi connectivity index (χ3n) is 3.78. The number of aliphatic hydroxyl groups excluding tert-OH is 2. The molecule has 0 unspecified atom stereocenters. The van der Waals surface area contributed by atoms with E-state index in [4.69, 9.17) is 5.11 Å². The summed E-state index contributed by atoms with van der Waals surface area (Å²) in [6.45, 7) is 0.272. The van der Waals surface area contributed by atoms with Gasteiger partial charge in [-0.2, -0.15) is 0 Å². The monoisotopic (exact) mass is 184 g/mol. The highest BCUT2D eigenvalue weighted by Crippen LogP contribution is 2.45. The fourth-order valence-electron chi connectivity index (χ4n) is 2.72. The Kier molecular flexibility index (Phi) is 2.89.